The van der Waals surface area contributed by atoms with Gasteiger partial charge in [-0.15, -0.1) is 0 Å². The number of aromatic amines is 1. The van der Waals surface area contributed by atoms with Crippen molar-refractivity contribution in [2.45, 2.75) is 46.0 Å². The van der Waals surface area contributed by atoms with Crippen LogP contribution in [-0.4, -0.2) is 35.3 Å². The van der Waals surface area contributed by atoms with Gasteiger partial charge in [0.05, 0.1) is 12.2 Å². The van der Waals surface area contributed by atoms with E-state index in [1.807, 2.05) is 31.2 Å². The van der Waals surface area contributed by atoms with E-state index in [4.69, 9.17) is 4.74 Å². The van der Waals surface area contributed by atoms with Gasteiger partial charge in [-0.2, -0.15) is 0 Å². The number of fused-ring (bicyclic) bond motifs is 2. The van der Waals surface area contributed by atoms with Gasteiger partial charge in [-0.25, -0.2) is 4.79 Å². The predicted molar refractivity (Wildman–Crippen MR) is 150 cm³/mol. The van der Waals surface area contributed by atoms with Gasteiger partial charge in [0.2, 0.25) is 0 Å². The molecular formula is C30H30N4O5. The quantitative estimate of drug-likeness (QED) is 0.240. The van der Waals surface area contributed by atoms with Crippen LogP contribution in [0.3, 0.4) is 0 Å². The first kappa shape index (κ1) is 26.0. The molecule has 1 aliphatic heterocycles. The molecule has 3 amide bonds. The minimum absolute atomic E-state index is 0.0401. The Kier molecular flexibility index (Phi) is 7.31. The van der Waals surface area contributed by atoms with Gasteiger partial charge in [0.1, 0.15) is 0 Å². The van der Waals surface area contributed by atoms with Crippen LogP contribution in [0.5, 0.6) is 0 Å². The number of amides is 3. The first-order valence-electron chi connectivity index (χ1n) is 13.1. The SMILES string of the molecule is CCOC(=O)CCc1c(C=C2C(=O)Nc3ccc(NC(=O)Nc4ccc(C)cc4)cc32)[nH]c2c1C(=O)CCC2. The zero-order chi connectivity index (χ0) is 27.5. The second-order valence-corrected chi connectivity index (χ2v) is 9.67. The second kappa shape index (κ2) is 11.0. The number of nitrogens with one attached hydrogen (secondary N) is 4. The van der Waals surface area contributed by atoms with Crippen LogP contribution in [0.15, 0.2) is 42.5 Å². The maximum Gasteiger partial charge on any atom is 0.323 e. The zero-order valence-electron chi connectivity index (χ0n) is 21.9. The summed E-state index contributed by atoms with van der Waals surface area (Å²) >= 11 is 0. The topological polar surface area (TPSA) is 129 Å². The van der Waals surface area contributed by atoms with Crippen molar-refractivity contribution in [1.29, 1.82) is 0 Å². The van der Waals surface area contributed by atoms with Gasteiger partial charge in [-0.05, 0) is 75.1 Å². The number of ether oxygens (including phenoxy) is 1. The highest BCUT2D eigenvalue weighted by Gasteiger charge is 2.29. The summed E-state index contributed by atoms with van der Waals surface area (Å²) in [6.45, 7) is 4.01. The van der Waals surface area contributed by atoms with Gasteiger partial charge in [-0.1, -0.05) is 17.7 Å². The fraction of sp³-hybridized carbons (Fsp3) is 0.267. The number of rotatable bonds is 7. The van der Waals surface area contributed by atoms with Crippen molar-refractivity contribution in [3.63, 3.8) is 0 Å². The number of hydrogen-bond acceptors (Lipinski definition) is 5. The number of Topliss-reactive ketones (excluding diaryl/α,β-unsaturated/α-hetero) is 1. The molecule has 9 nitrogen and oxygen atoms in total. The van der Waals surface area contributed by atoms with Crippen LogP contribution in [0.25, 0.3) is 11.6 Å². The van der Waals surface area contributed by atoms with Gasteiger partial charge in [0.15, 0.2) is 5.78 Å². The van der Waals surface area contributed by atoms with Crippen molar-refractivity contribution in [2.24, 2.45) is 0 Å². The van der Waals surface area contributed by atoms with E-state index in [0.29, 0.717) is 52.3 Å². The van der Waals surface area contributed by atoms with Crippen molar-refractivity contribution in [1.82, 2.24) is 4.98 Å². The van der Waals surface area contributed by atoms with E-state index < -0.39 is 6.03 Å². The summed E-state index contributed by atoms with van der Waals surface area (Å²) < 4.78 is 5.08. The number of esters is 1. The zero-order valence-corrected chi connectivity index (χ0v) is 21.9. The van der Waals surface area contributed by atoms with Crippen LogP contribution >= 0.6 is 0 Å². The van der Waals surface area contributed by atoms with E-state index in [-0.39, 0.29) is 30.7 Å². The van der Waals surface area contributed by atoms with Crippen LogP contribution in [-0.2, 0) is 27.2 Å². The molecule has 1 aliphatic carbocycles. The van der Waals surface area contributed by atoms with Crippen LogP contribution in [0.2, 0.25) is 0 Å². The molecule has 0 radical (unpaired) electrons. The Bertz CT molecular complexity index is 1500. The highest BCUT2D eigenvalue weighted by Crippen LogP contribution is 2.37. The smallest absolute Gasteiger partial charge is 0.323 e. The summed E-state index contributed by atoms with van der Waals surface area (Å²) in [7, 11) is 0. The molecule has 0 atom stereocenters. The summed E-state index contributed by atoms with van der Waals surface area (Å²) in [5.74, 6) is -0.585. The summed E-state index contributed by atoms with van der Waals surface area (Å²) in [4.78, 5) is 53.8. The van der Waals surface area contributed by atoms with Crippen molar-refractivity contribution in [3.05, 3.63) is 76.1 Å². The lowest BCUT2D eigenvalue weighted by atomic mass is 9.91. The molecule has 5 rings (SSSR count). The highest BCUT2D eigenvalue weighted by molar-refractivity contribution is 6.35. The molecule has 9 heteroatoms. The number of carbonyl (C=O) groups excluding carboxylic acids is 4. The number of benzene rings is 2. The fourth-order valence-corrected chi connectivity index (χ4v) is 5.02. The van der Waals surface area contributed by atoms with Crippen molar-refractivity contribution >= 4 is 52.4 Å². The van der Waals surface area contributed by atoms with Gasteiger partial charge < -0.3 is 25.7 Å². The van der Waals surface area contributed by atoms with E-state index in [2.05, 4.69) is 20.9 Å². The average molecular weight is 527 g/mol. The number of urea groups is 1. The van der Waals surface area contributed by atoms with Crippen LogP contribution in [0.4, 0.5) is 21.9 Å². The standard InChI is InChI=1S/C30H30N4O5/c1-3-39-27(36)14-12-20-25(33-24-5-4-6-26(35)28(20)24)16-22-21-15-19(11-13-23(21)34-29(22)37)32-30(38)31-18-9-7-17(2)8-10-18/h7-11,13,15-16,33H,3-6,12,14H2,1-2H3,(H,34,37)(H2,31,32,38). The summed E-state index contributed by atoms with van der Waals surface area (Å²) in [6.07, 6.45) is 4.12. The number of carbonyl (C=O) groups is 4. The molecule has 200 valence electrons. The van der Waals surface area contributed by atoms with E-state index in [9.17, 15) is 19.2 Å². The second-order valence-electron chi connectivity index (χ2n) is 9.67. The normalized spacial score (nSPS) is 15.0. The molecular weight excluding hydrogens is 496 g/mol. The Hall–Kier alpha value is -4.66. The minimum atomic E-state index is -0.404. The third-order valence-electron chi connectivity index (χ3n) is 6.87. The molecule has 4 N–H and O–H groups in total. The fourth-order valence-electron chi connectivity index (χ4n) is 5.02. The van der Waals surface area contributed by atoms with Crippen LogP contribution in [0.1, 0.15) is 64.6 Å². The number of ketones is 1. The Labute approximate surface area is 226 Å². The van der Waals surface area contributed by atoms with Crippen LogP contribution in [0, 0.1) is 6.92 Å². The molecule has 2 heterocycles. The first-order valence-corrected chi connectivity index (χ1v) is 13.1. The van der Waals surface area contributed by atoms with Gasteiger partial charge in [0.25, 0.3) is 5.91 Å². The predicted octanol–water partition coefficient (Wildman–Crippen LogP) is 5.47. The van der Waals surface area contributed by atoms with E-state index in [1.165, 1.54) is 0 Å². The van der Waals surface area contributed by atoms with Gasteiger partial charge >= 0.3 is 12.0 Å². The van der Waals surface area contributed by atoms with E-state index >= 15 is 0 Å². The minimum Gasteiger partial charge on any atom is -0.466 e. The van der Waals surface area contributed by atoms with Crippen LogP contribution < -0.4 is 16.0 Å². The van der Waals surface area contributed by atoms with E-state index in [1.54, 1.807) is 31.2 Å². The molecule has 2 aliphatic rings. The molecule has 0 fully saturated rings. The number of hydrogen-bond donors (Lipinski definition) is 4. The maximum atomic E-state index is 13.0. The molecule has 2 aromatic carbocycles. The largest absolute Gasteiger partial charge is 0.466 e. The monoisotopic (exact) mass is 526 g/mol. The number of H-pyrrole nitrogens is 1. The summed E-state index contributed by atoms with van der Waals surface area (Å²) in [6, 6.07) is 12.2. The molecule has 0 bridgehead atoms. The summed E-state index contributed by atoms with van der Waals surface area (Å²) in [5, 5.41) is 8.47. The van der Waals surface area contributed by atoms with Gasteiger partial charge in [0, 0.05) is 52.4 Å². The Morgan fingerprint density at radius 1 is 1.03 bits per heavy atom. The Balaban J connectivity index is 1.43. The molecule has 0 spiro atoms. The Morgan fingerprint density at radius 2 is 1.77 bits per heavy atom. The molecule has 39 heavy (non-hydrogen) atoms. The lowest BCUT2D eigenvalue weighted by Gasteiger charge is -2.11. The first-order chi connectivity index (χ1) is 18.8. The molecule has 0 saturated carbocycles. The lowest BCUT2D eigenvalue weighted by Crippen LogP contribution is -2.19. The lowest BCUT2D eigenvalue weighted by molar-refractivity contribution is -0.143. The van der Waals surface area contributed by atoms with Crippen molar-refractivity contribution in [3.8, 4) is 0 Å². The Morgan fingerprint density at radius 3 is 2.54 bits per heavy atom. The molecule has 3 aromatic rings. The summed E-state index contributed by atoms with van der Waals surface area (Å²) in [5.41, 5.74) is 6.74. The van der Waals surface area contributed by atoms with Crippen molar-refractivity contribution in [2.75, 3.05) is 22.6 Å². The molecule has 0 saturated heterocycles. The van der Waals surface area contributed by atoms with Gasteiger partial charge in [-0.3, -0.25) is 14.4 Å². The number of anilines is 3. The molecule has 0 unspecified atom stereocenters. The molecule has 1 aromatic heterocycles. The number of aromatic nitrogens is 1. The average Bonchev–Trinajstić information content (AvgIpc) is 3.41. The third kappa shape index (κ3) is 5.62. The number of aryl methyl sites for hydroxylation is 2. The van der Waals surface area contributed by atoms with E-state index in [0.717, 1.165) is 29.7 Å². The third-order valence-corrected chi connectivity index (χ3v) is 6.87. The maximum absolute atomic E-state index is 13.0. The van der Waals surface area contributed by atoms with Crippen molar-refractivity contribution < 1.29 is 23.9 Å². The highest BCUT2D eigenvalue weighted by atomic mass is 16.5.